The van der Waals surface area contributed by atoms with Crippen LogP contribution in [-0.4, -0.2) is 93.5 Å². The van der Waals surface area contributed by atoms with Crippen molar-refractivity contribution in [3.63, 3.8) is 0 Å². The van der Waals surface area contributed by atoms with E-state index in [1.807, 2.05) is 11.3 Å². The maximum Gasteiger partial charge on any atom is 0.191 e. The van der Waals surface area contributed by atoms with E-state index in [1.54, 1.807) is 0 Å². The molecule has 2 aliphatic heterocycles. The Morgan fingerprint density at radius 1 is 1.23 bits per heavy atom. The largest absolute Gasteiger partial charge is 0.379 e. The van der Waals surface area contributed by atoms with E-state index in [0.717, 1.165) is 78.0 Å². The standard InChI is InChI=1S/C22H39N5O2S/c1-4-23-22(24-8-6-9-26-16-18(2)29-19(3)17-26)25-15-20(21-7-5-14-30-21)27-10-12-28-13-11-27/h5,7,14,18-20H,4,6,8-13,15-17H2,1-3H3,(H2,23,24,25). The molecule has 1 aromatic heterocycles. The number of rotatable bonds is 9. The van der Waals surface area contributed by atoms with Crippen molar-refractivity contribution in [2.45, 2.75) is 45.4 Å². The van der Waals surface area contributed by atoms with E-state index in [1.165, 1.54) is 4.88 Å². The number of hydrogen-bond acceptors (Lipinski definition) is 6. The Kier molecular flexibility index (Phi) is 9.87. The predicted octanol–water partition coefficient (Wildman–Crippen LogP) is 2.18. The third-order valence-corrected chi connectivity index (χ3v) is 6.54. The minimum absolute atomic E-state index is 0.320. The summed E-state index contributed by atoms with van der Waals surface area (Å²) in [4.78, 5) is 11.3. The van der Waals surface area contributed by atoms with Crippen LogP contribution in [0.2, 0.25) is 0 Å². The summed E-state index contributed by atoms with van der Waals surface area (Å²) in [7, 11) is 0. The molecule has 3 heterocycles. The lowest BCUT2D eigenvalue weighted by atomic mass is 10.2. The fourth-order valence-electron chi connectivity index (χ4n) is 4.25. The Balaban J connectivity index is 1.49. The quantitative estimate of drug-likeness (QED) is 0.351. The molecular formula is C22H39N5O2S. The normalized spacial score (nSPS) is 25.2. The zero-order valence-corrected chi connectivity index (χ0v) is 19.6. The highest BCUT2D eigenvalue weighted by molar-refractivity contribution is 7.10. The summed E-state index contributed by atoms with van der Waals surface area (Å²) in [6.07, 6.45) is 1.76. The van der Waals surface area contributed by atoms with Gasteiger partial charge in [-0.15, -0.1) is 11.3 Å². The van der Waals surface area contributed by atoms with E-state index < -0.39 is 0 Å². The molecule has 8 heteroatoms. The highest BCUT2D eigenvalue weighted by Crippen LogP contribution is 2.26. The average molecular weight is 438 g/mol. The number of ether oxygens (including phenoxy) is 2. The molecule has 0 aromatic carbocycles. The topological polar surface area (TPSA) is 61.4 Å². The Bertz CT molecular complexity index is 611. The second kappa shape index (κ2) is 12.6. The first-order valence-corrected chi connectivity index (χ1v) is 12.3. The van der Waals surface area contributed by atoms with Gasteiger partial charge < -0.3 is 20.1 Å². The highest BCUT2D eigenvalue weighted by Gasteiger charge is 2.24. The molecule has 0 aliphatic carbocycles. The van der Waals surface area contributed by atoms with Gasteiger partial charge >= 0.3 is 0 Å². The number of hydrogen-bond donors (Lipinski definition) is 2. The Hall–Kier alpha value is -1.19. The molecule has 0 radical (unpaired) electrons. The van der Waals surface area contributed by atoms with Crippen molar-refractivity contribution < 1.29 is 9.47 Å². The Morgan fingerprint density at radius 3 is 2.67 bits per heavy atom. The maximum absolute atomic E-state index is 5.83. The molecule has 0 bridgehead atoms. The minimum atomic E-state index is 0.320. The van der Waals surface area contributed by atoms with E-state index in [9.17, 15) is 0 Å². The summed E-state index contributed by atoms with van der Waals surface area (Å²) in [5.74, 6) is 0.913. The highest BCUT2D eigenvalue weighted by atomic mass is 32.1. The zero-order valence-electron chi connectivity index (χ0n) is 18.8. The molecule has 0 saturated carbocycles. The summed E-state index contributed by atoms with van der Waals surface area (Å²) in [6, 6.07) is 4.68. The van der Waals surface area contributed by atoms with Crippen LogP contribution >= 0.6 is 11.3 Å². The molecule has 3 rings (SSSR count). The summed E-state index contributed by atoms with van der Waals surface area (Å²) in [5.41, 5.74) is 0. The van der Waals surface area contributed by atoms with Gasteiger partial charge in [0.15, 0.2) is 5.96 Å². The molecule has 7 nitrogen and oxygen atoms in total. The first-order valence-electron chi connectivity index (χ1n) is 11.4. The van der Waals surface area contributed by atoms with Crippen LogP contribution in [0.3, 0.4) is 0 Å². The first-order chi connectivity index (χ1) is 14.7. The van der Waals surface area contributed by atoms with Crippen molar-refractivity contribution in [3.8, 4) is 0 Å². The van der Waals surface area contributed by atoms with Crippen LogP contribution in [0.5, 0.6) is 0 Å². The van der Waals surface area contributed by atoms with Crippen LogP contribution < -0.4 is 10.6 Å². The van der Waals surface area contributed by atoms with Gasteiger partial charge in [0.05, 0.1) is 38.0 Å². The molecule has 2 saturated heterocycles. The monoisotopic (exact) mass is 437 g/mol. The van der Waals surface area contributed by atoms with Gasteiger partial charge in [-0.05, 0) is 38.6 Å². The molecule has 0 amide bonds. The summed E-state index contributed by atoms with van der Waals surface area (Å²) >= 11 is 1.82. The van der Waals surface area contributed by atoms with Crippen molar-refractivity contribution in [2.24, 2.45) is 4.99 Å². The molecular weight excluding hydrogens is 398 g/mol. The number of thiophene rings is 1. The first kappa shape index (κ1) is 23.5. The van der Waals surface area contributed by atoms with E-state index >= 15 is 0 Å². The van der Waals surface area contributed by atoms with Crippen LogP contribution in [0, 0.1) is 0 Å². The number of guanidine groups is 1. The van der Waals surface area contributed by atoms with Crippen molar-refractivity contribution >= 4 is 17.3 Å². The van der Waals surface area contributed by atoms with Gasteiger partial charge in [0.1, 0.15) is 0 Å². The molecule has 30 heavy (non-hydrogen) atoms. The summed E-state index contributed by atoms with van der Waals surface area (Å²) in [5, 5.41) is 9.09. The second-order valence-corrected chi connectivity index (χ2v) is 9.18. The summed E-state index contributed by atoms with van der Waals surface area (Å²) in [6.45, 7) is 15.7. The van der Waals surface area contributed by atoms with Gasteiger partial charge in [0.2, 0.25) is 0 Å². The van der Waals surface area contributed by atoms with E-state index in [4.69, 9.17) is 14.5 Å². The number of morpholine rings is 2. The number of aliphatic imine (C=N–C) groups is 1. The van der Waals surface area contributed by atoms with Crippen LogP contribution in [0.25, 0.3) is 0 Å². The molecule has 1 aromatic rings. The van der Waals surface area contributed by atoms with Gasteiger partial charge in [-0.1, -0.05) is 6.07 Å². The molecule has 2 N–H and O–H groups in total. The van der Waals surface area contributed by atoms with Gasteiger partial charge in [0.25, 0.3) is 0 Å². The maximum atomic E-state index is 5.83. The van der Waals surface area contributed by atoms with E-state index in [-0.39, 0.29) is 0 Å². The van der Waals surface area contributed by atoms with Gasteiger partial charge in [0, 0.05) is 50.7 Å². The second-order valence-electron chi connectivity index (χ2n) is 8.20. The van der Waals surface area contributed by atoms with Gasteiger partial charge in [-0.2, -0.15) is 0 Å². The van der Waals surface area contributed by atoms with Crippen LogP contribution in [0.1, 0.15) is 38.1 Å². The zero-order chi connectivity index (χ0) is 21.2. The third kappa shape index (κ3) is 7.50. The lowest BCUT2D eigenvalue weighted by Crippen LogP contribution is -2.46. The van der Waals surface area contributed by atoms with E-state index in [0.29, 0.717) is 18.2 Å². The molecule has 3 unspecified atom stereocenters. The lowest BCUT2D eigenvalue weighted by Gasteiger charge is -2.35. The molecule has 2 fully saturated rings. The van der Waals surface area contributed by atoms with Crippen LogP contribution in [-0.2, 0) is 9.47 Å². The molecule has 2 aliphatic rings. The molecule has 0 spiro atoms. The van der Waals surface area contributed by atoms with Gasteiger partial charge in [-0.3, -0.25) is 14.8 Å². The minimum Gasteiger partial charge on any atom is -0.379 e. The lowest BCUT2D eigenvalue weighted by molar-refractivity contribution is -0.0679. The molecule has 170 valence electrons. The van der Waals surface area contributed by atoms with Gasteiger partial charge in [-0.25, -0.2) is 0 Å². The number of nitrogens with zero attached hydrogens (tertiary/aromatic N) is 3. The van der Waals surface area contributed by atoms with E-state index in [2.05, 4.69) is 58.7 Å². The van der Waals surface area contributed by atoms with Crippen molar-refractivity contribution in [1.82, 2.24) is 20.4 Å². The predicted molar refractivity (Wildman–Crippen MR) is 124 cm³/mol. The van der Waals surface area contributed by atoms with Crippen molar-refractivity contribution in [2.75, 3.05) is 65.6 Å². The number of nitrogens with one attached hydrogen (secondary N) is 2. The fraction of sp³-hybridized carbons (Fsp3) is 0.773. The van der Waals surface area contributed by atoms with Crippen molar-refractivity contribution in [1.29, 1.82) is 0 Å². The summed E-state index contributed by atoms with van der Waals surface area (Å²) < 4.78 is 11.4. The Morgan fingerprint density at radius 2 is 2.00 bits per heavy atom. The average Bonchev–Trinajstić information content (AvgIpc) is 3.26. The Labute approximate surface area is 185 Å². The molecule has 3 atom stereocenters. The smallest absolute Gasteiger partial charge is 0.191 e. The third-order valence-electron chi connectivity index (χ3n) is 5.56. The van der Waals surface area contributed by atoms with Crippen LogP contribution in [0.4, 0.5) is 0 Å². The fourth-order valence-corrected chi connectivity index (χ4v) is 5.10. The van der Waals surface area contributed by atoms with Crippen LogP contribution in [0.15, 0.2) is 22.5 Å². The van der Waals surface area contributed by atoms with Crippen molar-refractivity contribution in [3.05, 3.63) is 22.4 Å². The SMILES string of the molecule is CCNC(=NCC(c1cccs1)N1CCOCC1)NCCCN1CC(C)OC(C)C1.